The molecule has 0 bridgehead atoms. The van der Waals surface area contributed by atoms with Gasteiger partial charge >= 0.3 is 7.82 Å². The monoisotopic (exact) mass is 874 g/mol. The molecule has 0 saturated carbocycles. The molecule has 0 aromatic heterocycles. The van der Waals surface area contributed by atoms with E-state index in [9.17, 15) is 19.4 Å². The molecule has 0 spiro atoms. The van der Waals surface area contributed by atoms with E-state index in [1.54, 1.807) is 0 Å². The normalized spacial score (nSPS) is 14.1. The number of aliphatic hydroxyl groups is 1. The van der Waals surface area contributed by atoms with E-state index in [-0.39, 0.29) is 19.1 Å². The van der Waals surface area contributed by atoms with Crippen molar-refractivity contribution in [3.63, 3.8) is 0 Å². The number of hydrogen-bond acceptors (Lipinski definition) is 5. The summed E-state index contributed by atoms with van der Waals surface area (Å²) >= 11 is 0. The molecule has 0 aliphatic heterocycles. The van der Waals surface area contributed by atoms with Crippen molar-refractivity contribution in [1.29, 1.82) is 0 Å². The summed E-state index contributed by atoms with van der Waals surface area (Å²) in [6, 6.07) is -0.752. The van der Waals surface area contributed by atoms with Crippen LogP contribution in [0.1, 0.15) is 271 Å². The highest BCUT2D eigenvalue weighted by molar-refractivity contribution is 7.47. The molecule has 0 heterocycles. The lowest BCUT2D eigenvalue weighted by Gasteiger charge is -2.26. The SMILES string of the molecule is CCCCCCCCCCCCCCCCCCCCCCCCCCCCCCCC(=O)NC(COP(=O)(O)OCC[N+](C)(C)C)C(O)CCCCCCCCCCC. The average molecular weight is 874 g/mol. The Bertz CT molecular complexity index is 947. The Balaban J connectivity index is 3.92. The molecule has 0 radical (unpaired) electrons. The second-order valence-electron chi connectivity index (χ2n) is 19.6. The summed E-state index contributed by atoms with van der Waals surface area (Å²) in [7, 11) is 1.63. The summed E-state index contributed by atoms with van der Waals surface area (Å²) in [6.07, 6.45) is 50.3. The van der Waals surface area contributed by atoms with Gasteiger partial charge < -0.3 is 19.8 Å². The zero-order valence-corrected chi connectivity index (χ0v) is 41.9. The maximum Gasteiger partial charge on any atom is 0.472 e. The lowest BCUT2D eigenvalue weighted by atomic mass is 10.0. The first-order valence-corrected chi connectivity index (χ1v) is 27.9. The van der Waals surface area contributed by atoms with E-state index in [1.165, 1.54) is 205 Å². The van der Waals surface area contributed by atoms with Crippen LogP contribution in [-0.4, -0.2) is 73.4 Å². The third-order valence-electron chi connectivity index (χ3n) is 12.4. The van der Waals surface area contributed by atoms with Crippen molar-refractivity contribution >= 4 is 13.7 Å². The van der Waals surface area contributed by atoms with E-state index in [4.69, 9.17) is 9.05 Å². The van der Waals surface area contributed by atoms with Gasteiger partial charge in [0.05, 0.1) is 39.9 Å². The molecule has 8 nitrogen and oxygen atoms in total. The van der Waals surface area contributed by atoms with Gasteiger partial charge in [0.15, 0.2) is 0 Å². The standard InChI is InChI=1S/C51H105N2O6P/c1-6-8-10-12-14-16-17-18-19-20-21-22-23-24-25-26-27-28-29-30-31-32-33-34-35-37-39-41-43-45-51(55)52-49(48-59-60(56,57)58-47-46-53(3,4)5)50(54)44-42-40-38-36-15-13-11-9-7-2/h49-50,54H,6-48H2,1-5H3,(H-,52,55,56,57)/p+1. The van der Waals surface area contributed by atoms with Crippen molar-refractivity contribution in [2.75, 3.05) is 40.9 Å². The number of unbranched alkanes of at least 4 members (excludes halogenated alkanes) is 36. The van der Waals surface area contributed by atoms with Gasteiger partial charge in [0.2, 0.25) is 5.91 Å². The number of aliphatic hydroxyl groups excluding tert-OH is 1. The minimum atomic E-state index is -4.30. The third kappa shape index (κ3) is 45.5. The van der Waals surface area contributed by atoms with E-state index in [0.717, 1.165) is 38.5 Å². The fraction of sp³-hybridized carbons (Fsp3) is 0.980. The van der Waals surface area contributed by atoms with Crippen LogP contribution in [-0.2, 0) is 18.4 Å². The van der Waals surface area contributed by atoms with E-state index in [0.29, 0.717) is 23.9 Å². The van der Waals surface area contributed by atoms with Crippen LogP contribution in [0.3, 0.4) is 0 Å². The van der Waals surface area contributed by atoms with Gasteiger partial charge in [-0.05, 0) is 12.8 Å². The average Bonchev–Trinajstić information content (AvgIpc) is 3.20. The molecule has 0 aromatic rings. The Hall–Kier alpha value is -0.500. The maximum absolute atomic E-state index is 12.9. The van der Waals surface area contributed by atoms with Crippen LogP contribution in [0, 0.1) is 0 Å². The van der Waals surface area contributed by atoms with Crippen LogP contribution in [0.2, 0.25) is 0 Å². The summed E-state index contributed by atoms with van der Waals surface area (Å²) in [5.74, 6) is -0.140. The van der Waals surface area contributed by atoms with Crippen molar-refractivity contribution in [3.05, 3.63) is 0 Å². The number of phosphoric acid groups is 1. The molecular formula is C51H106N2O6P+. The first-order valence-electron chi connectivity index (χ1n) is 26.4. The molecule has 3 atom stereocenters. The predicted molar refractivity (Wildman–Crippen MR) is 259 cm³/mol. The van der Waals surface area contributed by atoms with E-state index in [2.05, 4.69) is 19.2 Å². The van der Waals surface area contributed by atoms with Gasteiger partial charge in [0.1, 0.15) is 13.2 Å². The van der Waals surface area contributed by atoms with Gasteiger partial charge in [-0.25, -0.2) is 4.57 Å². The number of phosphoric ester groups is 1. The molecular weight excluding hydrogens is 768 g/mol. The molecule has 3 unspecified atom stereocenters. The molecule has 0 aliphatic rings. The number of hydrogen-bond donors (Lipinski definition) is 3. The zero-order valence-electron chi connectivity index (χ0n) is 41.0. The summed E-state index contributed by atoms with van der Waals surface area (Å²) in [4.78, 5) is 23.2. The number of likely N-dealkylation sites (N-methyl/N-ethyl adjacent to an activating group) is 1. The van der Waals surface area contributed by atoms with E-state index < -0.39 is 20.0 Å². The number of nitrogens with one attached hydrogen (secondary N) is 1. The number of amides is 1. The van der Waals surface area contributed by atoms with Gasteiger partial charge in [0, 0.05) is 6.42 Å². The lowest BCUT2D eigenvalue weighted by Crippen LogP contribution is -2.46. The minimum Gasteiger partial charge on any atom is -0.391 e. The quantitative estimate of drug-likeness (QED) is 0.0319. The van der Waals surface area contributed by atoms with Crippen LogP contribution in [0.25, 0.3) is 0 Å². The summed E-state index contributed by atoms with van der Waals surface area (Å²) in [5.41, 5.74) is 0. The highest BCUT2D eigenvalue weighted by atomic mass is 31.2. The fourth-order valence-electron chi connectivity index (χ4n) is 8.17. The van der Waals surface area contributed by atoms with Gasteiger partial charge in [-0.3, -0.25) is 13.8 Å². The second-order valence-corrected chi connectivity index (χ2v) is 21.1. The first-order chi connectivity index (χ1) is 29.0. The lowest BCUT2D eigenvalue weighted by molar-refractivity contribution is -0.870. The highest BCUT2D eigenvalue weighted by Crippen LogP contribution is 2.43. The number of quaternary nitrogens is 1. The Morgan fingerprint density at radius 3 is 1.12 bits per heavy atom. The molecule has 0 aliphatic carbocycles. The van der Waals surface area contributed by atoms with Crippen LogP contribution < -0.4 is 5.32 Å². The highest BCUT2D eigenvalue weighted by Gasteiger charge is 2.28. The number of carbonyl (C=O) groups excluding carboxylic acids is 1. The second kappa shape index (κ2) is 43.7. The number of rotatable bonds is 49. The smallest absolute Gasteiger partial charge is 0.391 e. The largest absolute Gasteiger partial charge is 0.472 e. The fourth-order valence-corrected chi connectivity index (χ4v) is 8.90. The van der Waals surface area contributed by atoms with Crippen molar-refractivity contribution in [2.24, 2.45) is 0 Å². The molecule has 0 fully saturated rings. The topological polar surface area (TPSA) is 105 Å². The number of carbonyl (C=O) groups is 1. The van der Waals surface area contributed by atoms with Crippen molar-refractivity contribution in [3.8, 4) is 0 Å². The Labute approximate surface area is 374 Å². The molecule has 0 aromatic carbocycles. The predicted octanol–water partition coefficient (Wildman–Crippen LogP) is 15.3. The maximum atomic E-state index is 12.9. The molecule has 1 amide bonds. The zero-order chi connectivity index (χ0) is 44.3. The summed E-state index contributed by atoms with van der Waals surface area (Å²) < 4.78 is 23.6. The van der Waals surface area contributed by atoms with Crippen molar-refractivity contribution < 1.29 is 32.9 Å². The Morgan fingerprint density at radius 2 is 0.800 bits per heavy atom. The van der Waals surface area contributed by atoms with E-state index in [1.807, 2.05) is 21.1 Å². The summed E-state index contributed by atoms with van der Waals surface area (Å²) in [5, 5.41) is 13.9. The van der Waals surface area contributed by atoms with Crippen LogP contribution >= 0.6 is 7.82 Å². The molecule has 9 heteroatoms. The Morgan fingerprint density at radius 1 is 0.500 bits per heavy atom. The first kappa shape index (κ1) is 59.5. The summed E-state index contributed by atoms with van der Waals surface area (Å²) in [6.45, 7) is 4.90. The van der Waals surface area contributed by atoms with Crippen molar-refractivity contribution in [2.45, 2.75) is 283 Å². The Kier molecular flexibility index (Phi) is 43.4. The number of nitrogens with zero attached hydrogens (tertiary/aromatic N) is 1. The molecule has 60 heavy (non-hydrogen) atoms. The minimum absolute atomic E-state index is 0.0783. The van der Waals surface area contributed by atoms with Crippen LogP contribution in [0.5, 0.6) is 0 Å². The molecule has 0 rings (SSSR count). The van der Waals surface area contributed by atoms with Crippen LogP contribution in [0.4, 0.5) is 0 Å². The third-order valence-corrected chi connectivity index (χ3v) is 13.3. The molecule has 0 saturated heterocycles. The van der Waals surface area contributed by atoms with Gasteiger partial charge in [-0.15, -0.1) is 0 Å². The van der Waals surface area contributed by atoms with E-state index >= 15 is 0 Å². The molecule has 360 valence electrons. The van der Waals surface area contributed by atoms with Gasteiger partial charge in [-0.2, -0.15) is 0 Å². The van der Waals surface area contributed by atoms with Gasteiger partial charge in [0.25, 0.3) is 0 Å². The van der Waals surface area contributed by atoms with Crippen LogP contribution in [0.15, 0.2) is 0 Å². The van der Waals surface area contributed by atoms with Gasteiger partial charge in [-0.1, -0.05) is 251 Å². The molecule has 3 N–H and O–H groups in total. The van der Waals surface area contributed by atoms with Crippen molar-refractivity contribution in [1.82, 2.24) is 5.32 Å².